The van der Waals surface area contributed by atoms with Crippen LogP contribution in [0.4, 0.5) is 0 Å². The van der Waals surface area contributed by atoms with Crippen LogP contribution in [0.2, 0.25) is 0 Å². The zero-order valence-corrected chi connectivity index (χ0v) is 13.2. The Kier molecular flexibility index (Phi) is 3.46. The summed E-state index contributed by atoms with van der Waals surface area (Å²) in [5, 5.41) is 9.75. The van der Waals surface area contributed by atoms with E-state index in [2.05, 4.69) is 11.8 Å². The van der Waals surface area contributed by atoms with Gasteiger partial charge >= 0.3 is 5.97 Å². The Morgan fingerprint density at radius 3 is 2.91 bits per heavy atom. The monoisotopic (exact) mass is 319 g/mol. The predicted octanol–water partition coefficient (Wildman–Crippen LogP) is 1.65. The fourth-order valence-electron chi connectivity index (χ4n) is 4.02. The third-order valence-electron chi connectivity index (χ3n) is 5.43. The summed E-state index contributed by atoms with van der Waals surface area (Å²) in [6, 6.07) is 4.01. The van der Waals surface area contributed by atoms with Gasteiger partial charge in [0.25, 0.3) is 0 Å². The maximum absolute atomic E-state index is 11.9. The largest absolute Gasteiger partial charge is 0.481 e. The second-order valence-electron chi connectivity index (χ2n) is 6.78. The molecule has 2 atom stereocenters. The SMILES string of the molecule is Cc1cc2c(cc1CN1C[C@@H]3COCC[C@]3(C(=O)O)C1)OCO2. The van der Waals surface area contributed by atoms with Crippen LogP contribution in [-0.2, 0) is 16.1 Å². The van der Waals surface area contributed by atoms with E-state index < -0.39 is 11.4 Å². The summed E-state index contributed by atoms with van der Waals surface area (Å²) in [7, 11) is 0. The molecule has 6 heteroatoms. The molecular formula is C17H21NO5. The van der Waals surface area contributed by atoms with E-state index in [0.29, 0.717) is 26.2 Å². The van der Waals surface area contributed by atoms with Gasteiger partial charge in [0.05, 0.1) is 12.0 Å². The molecule has 1 N–H and O–H groups in total. The number of carbonyl (C=O) groups is 1. The summed E-state index contributed by atoms with van der Waals surface area (Å²) in [6.07, 6.45) is 0.601. The van der Waals surface area contributed by atoms with Gasteiger partial charge in [0, 0.05) is 32.2 Å². The summed E-state index contributed by atoms with van der Waals surface area (Å²) in [5.41, 5.74) is 1.65. The lowest BCUT2D eigenvalue weighted by Gasteiger charge is -2.34. The number of ether oxygens (including phenoxy) is 3. The van der Waals surface area contributed by atoms with Crippen LogP contribution in [0.15, 0.2) is 12.1 Å². The zero-order chi connectivity index (χ0) is 16.0. The molecule has 0 aliphatic carbocycles. The molecule has 0 spiro atoms. The van der Waals surface area contributed by atoms with Crippen LogP contribution in [0.5, 0.6) is 11.5 Å². The Hall–Kier alpha value is -1.79. The third-order valence-corrected chi connectivity index (χ3v) is 5.43. The van der Waals surface area contributed by atoms with E-state index in [9.17, 15) is 9.90 Å². The molecule has 124 valence electrons. The molecule has 0 amide bonds. The molecular weight excluding hydrogens is 298 g/mol. The molecule has 3 aliphatic rings. The highest BCUT2D eigenvalue weighted by Gasteiger charge is 2.53. The van der Waals surface area contributed by atoms with Crippen molar-refractivity contribution in [3.8, 4) is 11.5 Å². The molecule has 0 radical (unpaired) electrons. The Bertz CT molecular complexity index is 646. The quantitative estimate of drug-likeness (QED) is 0.913. The minimum absolute atomic E-state index is 0.0723. The molecule has 2 fully saturated rings. The Labute approximate surface area is 134 Å². The molecule has 6 nitrogen and oxygen atoms in total. The maximum Gasteiger partial charge on any atom is 0.311 e. The normalized spacial score (nSPS) is 29.5. The fourth-order valence-corrected chi connectivity index (χ4v) is 4.02. The molecule has 23 heavy (non-hydrogen) atoms. The van der Waals surface area contributed by atoms with Crippen molar-refractivity contribution in [3.05, 3.63) is 23.3 Å². The van der Waals surface area contributed by atoms with Gasteiger partial charge in [-0.2, -0.15) is 0 Å². The van der Waals surface area contributed by atoms with Crippen LogP contribution >= 0.6 is 0 Å². The number of hydrogen-bond donors (Lipinski definition) is 1. The second kappa shape index (κ2) is 5.39. The molecule has 1 aromatic carbocycles. The summed E-state index contributed by atoms with van der Waals surface area (Å²) >= 11 is 0. The van der Waals surface area contributed by atoms with Crippen LogP contribution in [0.1, 0.15) is 17.5 Å². The van der Waals surface area contributed by atoms with Crippen molar-refractivity contribution in [2.45, 2.75) is 19.9 Å². The standard InChI is InChI=1S/C17H21NO5/c1-11-4-14-15(23-10-22-14)5-12(11)6-18-7-13-8-21-3-2-17(13,9-18)16(19)20/h4-5,13H,2-3,6-10H2,1H3,(H,19,20)/t13-,17+/m1/s1. The number of aliphatic carboxylic acids is 1. The third kappa shape index (κ3) is 2.37. The van der Waals surface area contributed by atoms with Gasteiger partial charge in [0.2, 0.25) is 6.79 Å². The lowest BCUT2D eigenvalue weighted by atomic mass is 9.74. The van der Waals surface area contributed by atoms with Gasteiger partial charge in [-0.3, -0.25) is 9.69 Å². The second-order valence-corrected chi connectivity index (χ2v) is 6.78. The number of fused-ring (bicyclic) bond motifs is 2. The van der Waals surface area contributed by atoms with Gasteiger partial charge < -0.3 is 19.3 Å². The number of rotatable bonds is 3. The summed E-state index contributed by atoms with van der Waals surface area (Å²) < 4.78 is 16.4. The van der Waals surface area contributed by atoms with E-state index in [1.54, 1.807) is 0 Å². The number of nitrogens with zero attached hydrogens (tertiary/aromatic N) is 1. The van der Waals surface area contributed by atoms with E-state index in [4.69, 9.17) is 14.2 Å². The molecule has 0 aromatic heterocycles. The number of carboxylic acid groups (broad SMARTS) is 1. The van der Waals surface area contributed by atoms with Crippen molar-refractivity contribution >= 4 is 5.97 Å². The topological polar surface area (TPSA) is 68.2 Å². The van der Waals surface area contributed by atoms with Gasteiger partial charge in [-0.1, -0.05) is 0 Å². The van der Waals surface area contributed by atoms with Crippen LogP contribution in [0, 0.1) is 18.3 Å². The Balaban J connectivity index is 1.55. The van der Waals surface area contributed by atoms with Crippen molar-refractivity contribution in [2.75, 3.05) is 33.1 Å². The Morgan fingerprint density at radius 1 is 1.39 bits per heavy atom. The first-order valence-electron chi connectivity index (χ1n) is 8.01. The first-order chi connectivity index (χ1) is 11.1. The molecule has 2 saturated heterocycles. The molecule has 0 bridgehead atoms. The number of likely N-dealkylation sites (tertiary alicyclic amines) is 1. The van der Waals surface area contributed by atoms with E-state index in [1.165, 1.54) is 0 Å². The minimum atomic E-state index is -0.685. The Morgan fingerprint density at radius 2 is 2.17 bits per heavy atom. The summed E-state index contributed by atoms with van der Waals surface area (Å²) in [6.45, 7) is 5.49. The molecule has 4 rings (SSSR count). The summed E-state index contributed by atoms with van der Waals surface area (Å²) in [5.74, 6) is 0.953. The maximum atomic E-state index is 11.9. The number of aryl methyl sites for hydroxylation is 1. The highest BCUT2D eigenvalue weighted by Crippen LogP contribution is 2.43. The smallest absolute Gasteiger partial charge is 0.311 e. The van der Waals surface area contributed by atoms with Crippen molar-refractivity contribution in [3.63, 3.8) is 0 Å². The first-order valence-corrected chi connectivity index (χ1v) is 8.01. The van der Waals surface area contributed by atoms with E-state index in [1.807, 2.05) is 12.1 Å². The van der Waals surface area contributed by atoms with Crippen LogP contribution in [-0.4, -0.2) is 49.1 Å². The highest BCUT2D eigenvalue weighted by atomic mass is 16.7. The van der Waals surface area contributed by atoms with Gasteiger partial charge in [-0.25, -0.2) is 0 Å². The van der Waals surface area contributed by atoms with Crippen molar-refractivity contribution < 1.29 is 24.1 Å². The van der Waals surface area contributed by atoms with Crippen molar-refractivity contribution in [1.29, 1.82) is 0 Å². The highest BCUT2D eigenvalue weighted by molar-refractivity contribution is 5.76. The average Bonchev–Trinajstić information content (AvgIpc) is 3.11. The molecule has 3 heterocycles. The predicted molar refractivity (Wildman–Crippen MR) is 81.6 cm³/mol. The van der Waals surface area contributed by atoms with Gasteiger partial charge in [-0.15, -0.1) is 0 Å². The minimum Gasteiger partial charge on any atom is -0.481 e. The summed E-state index contributed by atoms with van der Waals surface area (Å²) in [4.78, 5) is 14.1. The molecule has 3 aliphatic heterocycles. The average molecular weight is 319 g/mol. The van der Waals surface area contributed by atoms with Crippen molar-refractivity contribution in [1.82, 2.24) is 4.90 Å². The molecule has 0 saturated carbocycles. The van der Waals surface area contributed by atoms with Crippen LogP contribution < -0.4 is 9.47 Å². The number of carboxylic acids is 1. The van der Waals surface area contributed by atoms with E-state index in [0.717, 1.165) is 35.7 Å². The van der Waals surface area contributed by atoms with E-state index >= 15 is 0 Å². The fraction of sp³-hybridized carbons (Fsp3) is 0.588. The zero-order valence-electron chi connectivity index (χ0n) is 13.2. The lowest BCUT2D eigenvalue weighted by molar-refractivity contribution is -0.157. The van der Waals surface area contributed by atoms with E-state index in [-0.39, 0.29) is 12.7 Å². The van der Waals surface area contributed by atoms with Crippen molar-refractivity contribution in [2.24, 2.45) is 11.3 Å². The van der Waals surface area contributed by atoms with Gasteiger partial charge in [0.15, 0.2) is 11.5 Å². The molecule has 1 aromatic rings. The number of benzene rings is 1. The molecule has 0 unspecified atom stereocenters. The number of hydrogen-bond acceptors (Lipinski definition) is 5. The van der Waals surface area contributed by atoms with Crippen LogP contribution in [0.25, 0.3) is 0 Å². The van der Waals surface area contributed by atoms with Crippen LogP contribution in [0.3, 0.4) is 0 Å². The lowest BCUT2D eigenvalue weighted by Crippen LogP contribution is -2.44. The van der Waals surface area contributed by atoms with Gasteiger partial charge in [-0.05, 0) is 36.6 Å². The van der Waals surface area contributed by atoms with Gasteiger partial charge in [0.1, 0.15) is 0 Å². The first kappa shape index (κ1) is 14.8.